The summed E-state index contributed by atoms with van der Waals surface area (Å²) in [4.78, 5) is 0. The molecule has 0 saturated carbocycles. The normalized spacial score (nSPS) is 10.2. The Morgan fingerprint density at radius 3 is 2.93 bits per heavy atom. The molecule has 0 spiro atoms. The minimum Gasteiger partial charge on any atom is -0.399 e. The highest BCUT2D eigenvalue weighted by atomic mass is 15.1. The van der Waals surface area contributed by atoms with Crippen LogP contribution in [0.25, 0.3) is 0 Å². The van der Waals surface area contributed by atoms with E-state index in [9.17, 15) is 0 Å². The standard InChI is InChI=1S/C11H14N4/c1-8-6-9(12)2-3-11(8)13-7-10-4-5-14-15-10/h2-6,13H,7,12H2,1H3,(H,14,15). The van der Waals surface area contributed by atoms with Crippen LogP contribution in [0, 0.1) is 6.92 Å². The molecule has 0 aliphatic heterocycles. The van der Waals surface area contributed by atoms with Crippen LogP contribution < -0.4 is 11.1 Å². The predicted octanol–water partition coefficient (Wildman–Crippen LogP) is 1.91. The third-order valence-corrected chi connectivity index (χ3v) is 2.28. The van der Waals surface area contributed by atoms with Gasteiger partial charge < -0.3 is 11.1 Å². The Bertz CT molecular complexity index is 434. The Labute approximate surface area is 88.5 Å². The number of nitrogens with one attached hydrogen (secondary N) is 2. The molecule has 4 nitrogen and oxygen atoms in total. The first-order valence-corrected chi connectivity index (χ1v) is 4.84. The number of anilines is 2. The van der Waals surface area contributed by atoms with Crippen molar-refractivity contribution in [2.45, 2.75) is 13.5 Å². The van der Waals surface area contributed by atoms with Crippen molar-refractivity contribution in [3.8, 4) is 0 Å². The molecule has 0 radical (unpaired) electrons. The van der Waals surface area contributed by atoms with Crippen molar-refractivity contribution in [1.82, 2.24) is 10.2 Å². The van der Waals surface area contributed by atoms with Gasteiger partial charge in [0, 0.05) is 17.6 Å². The summed E-state index contributed by atoms with van der Waals surface area (Å²) in [7, 11) is 0. The van der Waals surface area contributed by atoms with Gasteiger partial charge in [-0.3, -0.25) is 5.10 Å². The first kappa shape index (κ1) is 9.58. The van der Waals surface area contributed by atoms with Gasteiger partial charge in [0.05, 0.1) is 12.2 Å². The van der Waals surface area contributed by atoms with Crippen molar-refractivity contribution in [3.63, 3.8) is 0 Å². The van der Waals surface area contributed by atoms with E-state index in [0.717, 1.165) is 29.2 Å². The Morgan fingerprint density at radius 2 is 2.27 bits per heavy atom. The molecule has 0 bridgehead atoms. The lowest BCUT2D eigenvalue weighted by molar-refractivity contribution is 0.980. The number of aryl methyl sites for hydroxylation is 1. The first-order valence-electron chi connectivity index (χ1n) is 4.84. The van der Waals surface area contributed by atoms with Gasteiger partial charge in [0.25, 0.3) is 0 Å². The largest absolute Gasteiger partial charge is 0.399 e. The molecule has 4 N–H and O–H groups in total. The quantitative estimate of drug-likeness (QED) is 0.666. The zero-order valence-corrected chi connectivity index (χ0v) is 8.62. The van der Waals surface area contributed by atoms with Crippen molar-refractivity contribution in [2.24, 2.45) is 0 Å². The number of aromatic amines is 1. The van der Waals surface area contributed by atoms with Crippen LogP contribution in [-0.4, -0.2) is 10.2 Å². The molecule has 15 heavy (non-hydrogen) atoms. The van der Waals surface area contributed by atoms with Crippen LogP contribution >= 0.6 is 0 Å². The van der Waals surface area contributed by atoms with Crippen molar-refractivity contribution in [1.29, 1.82) is 0 Å². The van der Waals surface area contributed by atoms with Crippen LogP contribution in [0.4, 0.5) is 11.4 Å². The van der Waals surface area contributed by atoms with Gasteiger partial charge in [0.1, 0.15) is 0 Å². The van der Waals surface area contributed by atoms with Crippen LogP contribution in [0.3, 0.4) is 0 Å². The highest BCUT2D eigenvalue weighted by molar-refractivity contribution is 5.57. The molecule has 1 aromatic heterocycles. The number of nitrogen functional groups attached to an aromatic ring is 1. The maximum atomic E-state index is 5.67. The first-order chi connectivity index (χ1) is 7.25. The van der Waals surface area contributed by atoms with Gasteiger partial charge in [-0.1, -0.05) is 0 Å². The fourth-order valence-corrected chi connectivity index (χ4v) is 1.46. The summed E-state index contributed by atoms with van der Waals surface area (Å²) >= 11 is 0. The molecule has 0 aliphatic rings. The van der Waals surface area contributed by atoms with Gasteiger partial charge in [0.2, 0.25) is 0 Å². The van der Waals surface area contributed by atoms with Gasteiger partial charge in [-0.15, -0.1) is 0 Å². The van der Waals surface area contributed by atoms with E-state index in [1.165, 1.54) is 0 Å². The zero-order chi connectivity index (χ0) is 10.7. The summed E-state index contributed by atoms with van der Waals surface area (Å²) in [5.74, 6) is 0. The Kier molecular flexibility index (Phi) is 2.58. The van der Waals surface area contributed by atoms with E-state index in [1.807, 2.05) is 31.2 Å². The number of nitrogens with two attached hydrogens (primary N) is 1. The molecular formula is C11H14N4. The molecule has 0 unspecified atom stereocenters. The molecule has 78 valence electrons. The Hall–Kier alpha value is -1.97. The van der Waals surface area contributed by atoms with Crippen LogP contribution in [0.1, 0.15) is 11.3 Å². The Morgan fingerprint density at radius 1 is 1.40 bits per heavy atom. The van der Waals surface area contributed by atoms with Gasteiger partial charge in [-0.25, -0.2) is 0 Å². The van der Waals surface area contributed by atoms with Gasteiger partial charge in [0.15, 0.2) is 0 Å². The van der Waals surface area contributed by atoms with Crippen LogP contribution in [0.5, 0.6) is 0 Å². The minimum absolute atomic E-state index is 0.741. The van der Waals surface area contributed by atoms with Gasteiger partial charge in [-0.05, 0) is 36.8 Å². The second kappa shape index (κ2) is 4.04. The van der Waals surface area contributed by atoms with Crippen molar-refractivity contribution >= 4 is 11.4 Å². The van der Waals surface area contributed by atoms with Gasteiger partial charge in [-0.2, -0.15) is 5.10 Å². The van der Waals surface area contributed by atoms with Crippen molar-refractivity contribution < 1.29 is 0 Å². The second-order valence-corrected chi connectivity index (χ2v) is 3.51. The molecule has 1 heterocycles. The number of hydrogen-bond acceptors (Lipinski definition) is 3. The summed E-state index contributed by atoms with van der Waals surface area (Å²) in [5.41, 5.74) is 9.77. The number of rotatable bonds is 3. The van der Waals surface area contributed by atoms with E-state index in [4.69, 9.17) is 5.73 Å². The van der Waals surface area contributed by atoms with Crippen LogP contribution in [0.2, 0.25) is 0 Å². The molecule has 2 rings (SSSR count). The van der Waals surface area contributed by atoms with Crippen LogP contribution in [0.15, 0.2) is 30.5 Å². The SMILES string of the molecule is Cc1cc(N)ccc1NCc1ccn[nH]1. The topological polar surface area (TPSA) is 66.7 Å². The van der Waals surface area contributed by atoms with Crippen LogP contribution in [-0.2, 0) is 6.54 Å². The lowest BCUT2D eigenvalue weighted by atomic mass is 10.2. The van der Waals surface area contributed by atoms with E-state index in [-0.39, 0.29) is 0 Å². The maximum Gasteiger partial charge on any atom is 0.0567 e. The number of hydrogen-bond donors (Lipinski definition) is 3. The third kappa shape index (κ3) is 2.28. The molecule has 4 heteroatoms. The third-order valence-electron chi connectivity index (χ3n) is 2.28. The minimum atomic E-state index is 0.741. The molecule has 0 atom stereocenters. The number of nitrogens with zero attached hydrogens (tertiary/aromatic N) is 1. The van der Waals surface area contributed by atoms with E-state index < -0.39 is 0 Å². The fraction of sp³-hybridized carbons (Fsp3) is 0.182. The van der Waals surface area contributed by atoms with Gasteiger partial charge >= 0.3 is 0 Å². The average molecular weight is 202 g/mol. The second-order valence-electron chi connectivity index (χ2n) is 3.51. The highest BCUT2D eigenvalue weighted by Gasteiger charge is 1.98. The molecule has 1 aromatic carbocycles. The van der Waals surface area contributed by atoms with Crippen molar-refractivity contribution in [3.05, 3.63) is 41.7 Å². The lowest BCUT2D eigenvalue weighted by Crippen LogP contribution is -2.01. The monoisotopic (exact) mass is 202 g/mol. The average Bonchev–Trinajstić information content (AvgIpc) is 2.69. The van der Waals surface area contributed by atoms with Crippen molar-refractivity contribution in [2.75, 3.05) is 11.1 Å². The zero-order valence-electron chi connectivity index (χ0n) is 8.62. The molecule has 0 amide bonds. The van der Waals surface area contributed by atoms with E-state index >= 15 is 0 Å². The molecule has 0 saturated heterocycles. The smallest absolute Gasteiger partial charge is 0.0567 e. The summed E-state index contributed by atoms with van der Waals surface area (Å²) in [6, 6.07) is 7.78. The number of H-pyrrole nitrogens is 1. The summed E-state index contributed by atoms with van der Waals surface area (Å²) < 4.78 is 0. The lowest BCUT2D eigenvalue weighted by Gasteiger charge is -2.08. The Balaban J connectivity index is 2.05. The summed E-state index contributed by atoms with van der Waals surface area (Å²) in [5, 5.41) is 10.1. The van der Waals surface area contributed by atoms with E-state index in [2.05, 4.69) is 15.5 Å². The molecule has 2 aromatic rings. The predicted molar refractivity (Wildman–Crippen MR) is 61.5 cm³/mol. The number of benzene rings is 1. The van der Waals surface area contributed by atoms with E-state index in [1.54, 1.807) is 6.20 Å². The summed E-state index contributed by atoms with van der Waals surface area (Å²) in [6.45, 7) is 2.77. The number of aromatic nitrogens is 2. The van der Waals surface area contributed by atoms with E-state index in [0.29, 0.717) is 0 Å². The fourth-order valence-electron chi connectivity index (χ4n) is 1.46. The maximum absolute atomic E-state index is 5.67. The summed E-state index contributed by atoms with van der Waals surface area (Å²) in [6.07, 6.45) is 1.74. The molecular weight excluding hydrogens is 188 g/mol. The molecule has 0 aliphatic carbocycles. The highest BCUT2D eigenvalue weighted by Crippen LogP contribution is 2.17. The molecule has 0 fully saturated rings.